The van der Waals surface area contributed by atoms with Crippen molar-refractivity contribution in [3.8, 4) is 0 Å². The molecule has 0 aromatic rings. The Bertz CT molecular complexity index is 81.8. The van der Waals surface area contributed by atoms with Crippen molar-refractivity contribution in [1.82, 2.24) is 4.72 Å². The van der Waals surface area contributed by atoms with Gasteiger partial charge in [0.1, 0.15) is 0 Å². The van der Waals surface area contributed by atoms with Gasteiger partial charge in [0, 0.05) is 6.26 Å². The average molecular weight is 116 g/mol. The molecule has 0 aliphatic carbocycles. The molecule has 3 heteroatoms. The average Bonchev–Trinajstić information content (AvgIpc) is 1.68. The van der Waals surface area contributed by atoms with Crippen LogP contribution in [0.5, 0.6) is 0 Å². The van der Waals surface area contributed by atoms with Gasteiger partial charge in [-0.1, -0.05) is 6.58 Å². The van der Waals surface area contributed by atoms with Crippen LogP contribution in [-0.2, 0) is 4.79 Å². The van der Waals surface area contributed by atoms with Crippen LogP contribution in [-0.4, -0.2) is 12.2 Å². The van der Waals surface area contributed by atoms with Crippen molar-refractivity contribution < 1.29 is 4.79 Å². The molecule has 1 amide bonds. The van der Waals surface area contributed by atoms with Crippen molar-refractivity contribution in [3.63, 3.8) is 0 Å². The highest BCUT2D eigenvalue weighted by Gasteiger charge is 1.88. The number of nitrogens with zero attached hydrogens (tertiary/aromatic N) is 1. The summed E-state index contributed by atoms with van der Waals surface area (Å²) in [4.78, 5) is 10.1. The summed E-state index contributed by atoms with van der Waals surface area (Å²) in [6, 6.07) is 0. The Hall–Kier alpha value is -0.440. The van der Waals surface area contributed by atoms with E-state index in [9.17, 15) is 4.79 Å². The van der Waals surface area contributed by atoms with E-state index in [0.717, 1.165) is 11.9 Å². The van der Waals surface area contributed by atoms with Crippen LogP contribution in [0.4, 0.5) is 0 Å². The molecule has 0 aromatic heterocycles. The van der Waals surface area contributed by atoms with Gasteiger partial charge >= 0.3 is 0 Å². The second-order valence-electron chi connectivity index (χ2n) is 0.816. The summed E-state index contributed by atoms with van der Waals surface area (Å²) in [6.07, 6.45) is 2.90. The van der Waals surface area contributed by atoms with Gasteiger partial charge in [-0.3, -0.25) is 4.79 Å². The van der Waals surface area contributed by atoms with E-state index in [0.29, 0.717) is 0 Å². The van der Waals surface area contributed by atoms with Gasteiger partial charge in [-0.05, 0) is 18.0 Å². The molecule has 0 aliphatic heterocycles. The third-order valence-corrected chi connectivity index (χ3v) is 0.718. The fourth-order valence-corrected chi connectivity index (χ4v) is 0.382. The normalized spacial score (nSPS) is 7.57. The van der Waals surface area contributed by atoms with Crippen LogP contribution < -0.4 is 4.72 Å². The third kappa shape index (κ3) is 3.39. The molecule has 0 atom stereocenters. The first kappa shape index (κ1) is 6.56. The van der Waals surface area contributed by atoms with Crippen LogP contribution in [0.1, 0.15) is 0 Å². The van der Waals surface area contributed by atoms with Crippen molar-refractivity contribution in [1.29, 1.82) is 0 Å². The van der Waals surface area contributed by atoms with E-state index in [2.05, 4.69) is 11.3 Å². The molecule has 0 saturated heterocycles. The zero-order chi connectivity index (χ0) is 5.70. The maximum atomic E-state index is 10.1. The van der Waals surface area contributed by atoms with E-state index in [1.165, 1.54) is 6.08 Å². The molecule has 0 heterocycles. The summed E-state index contributed by atoms with van der Waals surface area (Å²) in [5.41, 5.74) is 0. The van der Waals surface area contributed by atoms with Gasteiger partial charge in [-0.2, -0.15) is 4.72 Å². The largest absolute Gasteiger partial charge is 0.275 e. The molecule has 0 fully saturated rings. The summed E-state index contributed by atoms with van der Waals surface area (Å²) < 4.78 is 3.40. The summed E-state index contributed by atoms with van der Waals surface area (Å²) in [5, 5.41) is 0. The first-order valence-corrected chi connectivity index (χ1v) is 2.90. The Labute approximate surface area is 47.1 Å². The minimum atomic E-state index is -0.271. The Morgan fingerprint density at radius 2 is 2.57 bits per heavy atom. The third-order valence-electron chi connectivity index (χ3n) is 0.356. The van der Waals surface area contributed by atoms with Crippen LogP contribution in [0.3, 0.4) is 0 Å². The van der Waals surface area contributed by atoms with E-state index in [1.54, 1.807) is 6.26 Å². The van der Waals surface area contributed by atoms with E-state index >= 15 is 0 Å². The van der Waals surface area contributed by atoms with Gasteiger partial charge in [-0.15, -0.1) is 0 Å². The van der Waals surface area contributed by atoms with Crippen LogP contribution >= 0.6 is 11.9 Å². The lowest BCUT2D eigenvalue weighted by molar-refractivity contribution is -0.114. The predicted molar refractivity (Wildman–Crippen MR) is 30.9 cm³/mol. The number of hydrogen-bond acceptors (Lipinski definition) is 2. The zero-order valence-electron chi connectivity index (χ0n) is 4.05. The smallest absolute Gasteiger partial charge is 0.267 e. The Morgan fingerprint density at radius 3 is 2.71 bits per heavy atom. The van der Waals surface area contributed by atoms with Crippen molar-refractivity contribution in [2.75, 3.05) is 6.26 Å². The zero-order valence-corrected chi connectivity index (χ0v) is 4.86. The molecule has 0 spiro atoms. The number of amides is 1. The molecule has 0 N–H and O–H groups in total. The van der Waals surface area contributed by atoms with Gasteiger partial charge in [-0.25, -0.2) is 0 Å². The van der Waals surface area contributed by atoms with Crippen LogP contribution in [0.2, 0.25) is 0 Å². The highest BCUT2D eigenvalue weighted by Crippen LogP contribution is 1.84. The molecule has 0 bridgehead atoms. The first-order valence-electron chi connectivity index (χ1n) is 1.72. The number of carbonyl (C=O) groups excluding carboxylic acids is 1. The van der Waals surface area contributed by atoms with E-state index < -0.39 is 0 Å². The number of hydrogen-bond donors (Lipinski definition) is 0. The lowest BCUT2D eigenvalue weighted by atomic mass is 10.6. The molecule has 7 heavy (non-hydrogen) atoms. The van der Waals surface area contributed by atoms with E-state index in [4.69, 9.17) is 0 Å². The summed E-state index contributed by atoms with van der Waals surface area (Å²) >= 11 is 1.14. The van der Waals surface area contributed by atoms with Gasteiger partial charge in [0.25, 0.3) is 5.91 Å². The maximum absolute atomic E-state index is 10.1. The molecule has 1 radical (unpaired) electrons. The maximum Gasteiger partial charge on any atom is 0.275 e. The van der Waals surface area contributed by atoms with Gasteiger partial charge in [0.15, 0.2) is 0 Å². The predicted octanol–water partition coefficient (Wildman–Crippen LogP) is 0.581. The molecular weight excluding hydrogens is 110 g/mol. The van der Waals surface area contributed by atoms with Gasteiger partial charge < -0.3 is 0 Å². The second-order valence-corrected chi connectivity index (χ2v) is 1.36. The van der Waals surface area contributed by atoms with Crippen molar-refractivity contribution in [2.24, 2.45) is 0 Å². The molecule has 39 valence electrons. The van der Waals surface area contributed by atoms with E-state index in [1.807, 2.05) is 0 Å². The van der Waals surface area contributed by atoms with Crippen LogP contribution in [0, 0.1) is 0 Å². The minimum absolute atomic E-state index is 0.271. The fourth-order valence-electron chi connectivity index (χ4n) is 0.127. The second kappa shape index (κ2) is 3.74. The van der Waals surface area contributed by atoms with Gasteiger partial charge in [0.2, 0.25) is 0 Å². The molecule has 0 aromatic carbocycles. The Kier molecular flexibility index (Phi) is 3.50. The first-order chi connectivity index (χ1) is 3.31. The molecule has 0 aliphatic rings. The lowest BCUT2D eigenvalue weighted by Crippen LogP contribution is -2.01. The molecular formula is C4H6NOS. The summed E-state index contributed by atoms with van der Waals surface area (Å²) in [5.74, 6) is -0.271. The highest BCUT2D eigenvalue weighted by atomic mass is 32.2. The van der Waals surface area contributed by atoms with Gasteiger partial charge in [0.05, 0.1) is 0 Å². The SMILES string of the molecule is C=CC(=O)[N]SC. The molecule has 0 unspecified atom stereocenters. The Balaban J connectivity index is 3.17. The van der Waals surface area contributed by atoms with Crippen LogP contribution in [0.25, 0.3) is 0 Å². The molecule has 0 rings (SSSR count). The minimum Gasteiger partial charge on any atom is -0.267 e. The summed E-state index contributed by atoms with van der Waals surface area (Å²) in [7, 11) is 0. The van der Waals surface area contributed by atoms with Crippen molar-refractivity contribution >= 4 is 17.9 Å². The number of carbonyl (C=O) groups is 1. The topological polar surface area (TPSA) is 31.2 Å². The quantitative estimate of drug-likeness (QED) is 0.390. The molecule has 2 nitrogen and oxygen atoms in total. The number of rotatable bonds is 2. The Morgan fingerprint density at radius 1 is 2.00 bits per heavy atom. The van der Waals surface area contributed by atoms with Crippen molar-refractivity contribution in [3.05, 3.63) is 12.7 Å². The fraction of sp³-hybridized carbons (Fsp3) is 0.250. The van der Waals surface area contributed by atoms with Crippen molar-refractivity contribution in [2.45, 2.75) is 0 Å². The lowest BCUT2D eigenvalue weighted by Gasteiger charge is -1.84. The molecule has 0 saturated carbocycles. The standard InChI is InChI=1S/C4H6NOS/c1-3-4(6)5-7-2/h3H,1H2,2H3. The van der Waals surface area contributed by atoms with E-state index in [-0.39, 0.29) is 5.91 Å². The highest BCUT2D eigenvalue weighted by molar-refractivity contribution is 7.97. The summed E-state index contributed by atoms with van der Waals surface area (Å²) in [6.45, 7) is 3.22. The monoisotopic (exact) mass is 116 g/mol. The van der Waals surface area contributed by atoms with Crippen LogP contribution in [0.15, 0.2) is 12.7 Å².